The molecule has 0 radical (unpaired) electrons. The molecule has 0 unspecified atom stereocenters. The lowest BCUT2D eigenvalue weighted by molar-refractivity contribution is 0.0790. The molecule has 4 nitrogen and oxygen atoms in total. The standard InChI is InChI=1S/C11H19NO3/c1-9(2)15-11(14)12-6-3-10(4-7-12)5-8-13/h3,9,13H,4-8H2,1-2H3. The lowest BCUT2D eigenvalue weighted by Gasteiger charge is -2.26. The molecule has 86 valence electrons. The topological polar surface area (TPSA) is 49.8 Å². The summed E-state index contributed by atoms with van der Waals surface area (Å²) < 4.78 is 5.09. The fourth-order valence-electron chi connectivity index (χ4n) is 1.52. The molecule has 4 heteroatoms. The minimum absolute atomic E-state index is 0.0691. The van der Waals surface area contributed by atoms with Crippen molar-refractivity contribution in [2.45, 2.75) is 32.8 Å². The van der Waals surface area contributed by atoms with Gasteiger partial charge in [0.2, 0.25) is 0 Å². The second-order valence-electron chi connectivity index (χ2n) is 3.96. The smallest absolute Gasteiger partial charge is 0.410 e. The van der Waals surface area contributed by atoms with Crippen molar-refractivity contribution in [3.05, 3.63) is 11.6 Å². The summed E-state index contributed by atoms with van der Waals surface area (Å²) in [5.41, 5.74) is 1.23. The SMILES string of the molecule is CC(C)OC(=O)N1CC=C(CCO)CC1. The van der Waals surface area contributed by atoms with Gasteiger partial charge >= 0.3 is 6.09 Å². The Balaban J connectivity index is 2.39. The molecular weight excluding hydrogens is 194 g/mol. The summed E-state index contributed by atoms with van der Waals surface area (Å²) in [7, 11) is 0. The van der Waals surface area contributed by atoms with E-state index in [0.29, 0.717) is 19.5 Å². The van der Waals surface area contributed by atoms with E-state index in [4.69, 9.17) is 9.84 Å². The molecule has 0 aromatic heterocycles. The number of nitrogens with zero attached hydrogens (tertiary/aromatic N) is 1. The molecule has 0 aromatic rings. The molecule has 0 atom stereocenters. The van der Waals surface area contributed by atoms with Gasteiger partial charge in [-0.25, -0.2) is 4.79 Å². The van der Waals surface area contributed by atoms with E-state index < -0.39 is 0 Å². The van der Waals surface area contributed by atoms with Gasteiger partial charge in [-0.3, -0.25) is 0 Å². The molecule has 0 aromatic carbocycles. The van der Waals surface area contributed by atoms with Gasteiger partial charge < -0.3 is 14.7 Å². The lowest BCUT2D eigenvalue weighted by atomic mass is 10.1. The average molecular weight is 213 g/mol. The number of carbonyl (C=O) groups excluding carboxylic acids is 1. The molecule has 15 heavy (non-hydrogen) atoms. The summed E-state index contributed by atoms with van der Waals surface area (Å²) >= 11 is 0. The van der Waals surface area contributed by atoms with E-state index in [9.17, 15) is 4.79 Å². The van der Waals surface area contributed by atoms with Crippen molar-refractivity contribution in [3.63, 3.8) is 0 Å². The van der Waals surface area contributed by atoms with Crippen molar-refractivity contribution in [2.75, 3.05) is 19.7 Å². The highest BCUT2D eigenvalue weighted by atomic mass is 16.6. The van der Waals surface area contributed by atoms with E-state index in [-0.39, 0.29) is 18.8 Å². The van der Waals surface area contributed by atoms with Crippen molar-refractivity contribution in [2.24, 2.45) is 0 Å². The molecule has 0 saturated carbocycles. The Bertz CT molecular complexity index is 248. The van der Waals surface area contributed by atoms with Crippen molar-refractivity contribution in [3.8, 4) is 0 Å². The Hall–Kier alpha value is -1.03. The molecule has 1 aliphatic rings. The number of rotatable bonds is 3. The van der Waals surface area contributed by atoms with Gasteiger partial charge in [-0.05, 0) is 26.7 Å². The number of hydrogen-bond donors (Lipinski definition) is 1. The van der Waals surface area contributed by atoms with Crippen molar-refractivity contribution in [1.82, 2.24) is 4.90 Å². The Morgan fingerprint density at radius 1 is 1.67 bits per heavy atom. The minimum atomic E-state index is -0.246. The molecule has 1 amide bonds. The van der Waals surface area contributed by atoms with Gasteiger partial charge in [0.15, 0.2) is 0 Å². The summed E-state index contributed by atoms with van der Waals surface area (Å²) in [6, 6.07) is 0. The average Bonchev–Trinajstić information content (AvgIpc) is 2.18. The maximum Gasteiger partial charge on any atom is 0.410 e. The van der Waals surface area contributed by atoms with Crippen LogP contribution in [0.1, 0.15) is 26.7 Å². The molecule has 0 aliphatic carbocycles. The quantitative estimate of drug-likeness (QED) is 0.723. The highest BCUT2D eigenvalue weighted by molar-refractivity contribution is 5.68. The first kappa shape index (κ1) is 12.0. The molecule has 1 heterocycles. The van der Waals surface area contributed by atoms with Crippen molar-refractivity contribution >= 4 is 6.09 Å². The van der Waals surface area contributed by atoms with Gasteiger partial charge in [0.25, 0.3) is 0 Å². The predicted molar refractivity (Wildman–Crippen MR) is 57.6 cm³/mol. The second-order valence-corrected chi connectivity index (χ2v) is 3.96. The first-order valence-corrected chi connectivity index (χ1v) is 5.37. The second kappa shape index (κ2) is 5.75. The largest absolute Gasteiger partial charge is 0.447 e. The van der Waals surface area contributed by atoms with Crippen LogP contribution in [-0.4, -0.2) is 41.9 Å². The van der Waals surface area contributed by atoms with Crippen LogP contribution in [0, 0.1) is 0 Å². The third kappa shape index (κ3) is 3.91. The number of aliphatic hydroxyl groups is 1. The van der Waals surface area contributed by atoms with Crippen LogP contribution in [0.4, 0.5) is 4.79 Å². The molecular formula is C11H19NO3. The zero-order valence-corrected chi connectivity index (χ0v) is 9.40. The molecule has 1 rings (SSSR count). The highest BCUT2D eigenvalue weighted by Gasteiger charge is 2.18. The van der Waals surface area contributed by atoms with Crippen LogP contribution in [0.3, 0.4) is 0 Å². The summed E-state index contributed by atoms with van der Waals surface area (Å²) in [5, 5.41) is 8.77. The van der Waals surface area contributed by atoms with Crippen LogP contribution in [0.5, 0.6) is 0 Å². The summed E-state index contributed by atoms with van der Waals surface area (Å²) in [6.45, 7) is 5.16. The zero-order chi connectivity index (χ0) is 11.3. The van der Waals surface area contributed by atoms with Gasteiger partial charge in [-0.1, -0.05) is 11.6 Å². The number of amides is 1. The fraction of sp³-hybridized carbons (Fsp3) is 0.727. The van der Waals surface area contributed by atoms with Gasteiger partial charge in [-0.2, -0.15) is 0 Å². The number of aliphatic hydroxyl groups excluding tert-OH is 1. The molecule has 0 bridgehead atoms. The van der Waals surface area contributed by atoms with Crippen LogP contribution >= 0.6 is 0 Å². The third-order valence-corrected chi connectivity index (χ3v) is 2.33. The van der Waals surface area contributed by atoms with Crippen LogP contribution in [0.15, 0.2) is 11.6 Å². The number of ether oxygens (including phenoxy) is 1. The van der Waals surface area contributed by atoms with E-state index in [2.05, 4.69) is 0 Å². The predicted octanol–water partition coefficient (Wildman–Crippen LogP) is 1.55. The Morgan fingerprint density at radius 2 is 2.40 bits per heavy atom. The number of carbonyl (C=O) groups is 1. The molecule has 0 spiro atoms. The van der Waals surface area contributed by atoms with Crippen molar-refractivity contribution in [1.29, 1.82) is 0 Å². The van der Waals surface area contributed by atoms with Gasteiger partial charge in [0, 0.05) is 19.7 Å². The Morgan fingerprint density at radius 3 is 2.87 bits per heavy atom. The molecule has 1 aliphatic heterocycles. The van der Waals surface area contributed by atoms with E-state index in [1.54, 1.807) is 4.90 Å². The molecule has 0 saturated heterocycles. The maximum absolute atomic E-state index is 11.5. The third-order valence-electron chi connectivity index (χ3n) is 2.33. The highest BCUT2D eigenvalue weighted by Crippen LogP contribution is 2.14. The minimum Gasteiger partial charge on any atom is -0.447 e. The van der Waals surface area contributed by atoms with Gasteiger partial charge in [0.05, 0.1) is 6.10 Å². The van der Waals surface area contributed by atoms with Crippen LogP contribution in [0.2, 0.25) is 0 Å². The fourth-order valence-corrected chi connectivity index (χ4v) is 1.52. The Kier molecular flexibility index (Phi) is 4.62. The van der Waals surface area contributed by atoms with E-state index in [1.807, 2.05) is 19.9 Å². The summed E-state index contributed by atoms with van der Waals surface area (Å²) in [6.07, 6.45) is 3.24. The Labute approximate surface area is 90.5 Å². The molecule has 1 N–H and O–H groups in total. The summed E-state index contributed by atoms with van der Waals surface area (Å²) in [4.78, 5) is 13.2. The van der Waals surface area contributed by atoms with Gasteiger partial charge in [0.1, 0.15) is 0 Å². The van der Waals surface area contributed by atoms with E-state index >= 15 is 0 Å². The normalized spacial score (nSPS) is 16.5. The number of hydrogen-bond acceptors (Lipinski definition) is 3. The first-order chi connectivity index (χ1) is 7.13. The van der Waals surface area contributed by atoms with E-state index in [0.717, 1.165) is 6.42 Å². The first-order valence-electron chi connectivity index (χ1n) is 5.37. The zero-order valence-electron chi connectivity index (χ0n) is 9.40. The lowest BCUT2D eigenvalue weighted by Crippen LogP contribution is -2.36. The molecule has 0 fully saturated rings. The summed E-state index contributed by atoms with van der Waals surface area (Å²) in [5.74, 6) is 0. The van der Waals surface area contributed by atoms with Gasteiger partial charge in [-0.15, -0.1) is 0 Å². The van der Waals surface area contributed by atoms with Crippen molar-refractivity contribution < 1.29 is 14.6 Å². The van der Waals surface area contributed by atoms with E-state index in [1.165, 1.54) is 5.57 Å². The van der Waals surface area contributed by atoms with Crippen LogP contribution in [0.25, 0.3) is 0 Å². The van der Waals surface area contributed by atoms with Crippen LogP contribution < -0.4 is 0 Å². The van der Waals surface area contributed by atoms with Crippen LogP contribution in [-0.2, 0) is 4.74 Å². The maximum atomic E-state index is 11.5. The monoisotopic (exact) mass is 213 g/mol.